The van der Waals surface area contributed by atoms with Crippen molar-refractivity contribution < 1.29 is 14.3 Å². The maximum atomic E-state index is 12.1. The molecule has 0 aliphatic heterocycles. The molecular weight excluding hydrogens is 304 g/mol. The molecule has 1 amide bonds. The van der Waals surface area contributed by atoms with E-state index in [1.807, 2.05) is 32.9 Å². The molecule has 0 saturated carbocycles. The van der Waals surface area contributed by atoms with Crippen molar-refractivity contribution in [2.45, 2.75) is 38.9 Å². The highest BCUT2D eigenvalue weighted by molar-refractivity contribution is 5.68. The summed E-state index contributed by atoms with van der Waals surface area (Å²) < 4.78 is 11.2. The molecule has 0 radical (unpaired) electrons. The Labute approximate surface area is 145 Å². The maximum Gasteiger partial charge on any atom is 0.410 e. The molecule has 0 aliphatic carbocycles. The maximum absolute atomic E-state index is 12.1. The van der Waals surface area contributed by atoms with Crippen LogP contribution in [0.4, 0.5) is 4.79 Å². The fourth-order valence-electron chi connectivity index (χ4n) is 1.68. The van der Waals surface area contributed by atoms with Gasteiger partial charge in [0.2, 0.25) is 0 Å². The lowest BCUT2D eigenvalue weighted by molar-refractivity contribution is 0.0134. The Bertz CT molecular complexity index is 487. The highest BCUT2D eigenvalue weighted by Gasteiger charge is 2.23. The molecule has 0 aromatic heterocycles. The van der Waals surface area contributed by atoms with Crippen LogP contribution in [0.2, 0.25) is 0 Å². The third-order valence-electron chi connectivity index (χ3n) is 2.84. The van der Waals surface area contributed by atoms with Crippen LogP contribution in [0, 0.1) is 5.41 Å². The van der Waals surface area contributed by atoms with Crippen molar-refractivity contribution in [1.82, 2.24) is 4.90 Å². The number of hydrogen-bond acceptors (Lipinski definition) is 4. The zero-order valence-corrected chi connectivity index (χ0v) is 15.2. The van der Waals surface area contributed by atoms with Gasteiger partial charge in [0.25, 0.3) is 0 Å². The molecule has 0 bridgehead atoms. The van der Waals surface area contributed by atoms with Gasteiger partial charge in [-0.2, -0.15) is 0 Å². The van der Waals surface area contributed by atoms with Crippen molar-refractivity contribution in [3.63, 3.8) is 0 Å². The Balaban J connectivity index is 4.78. The zero-order chi connectivity index (χ0) is 18.6. The highest BCUT2D eigenvalue weighted by Crippen LogP contribution is 2.13. The molecule has 134 valence electrons. The van der Waals surface area contributed by atoms with E-state index >= 15 is 0 Å². The number of carbonyl (C=O) groups is 1. The first-order valence-corrected chi connectivity index (χ1v) is 7.90. The van der Waals surface area contributed by atoms with Gasteiger partial charge in [0.05, 0.1) is 19.3 Å². The molecule has 1 atom stereocenters. The van der Waals surface area contributed by atoms with Crippen molar-refractivity contribution in [2.24, 2.45) is 0 Å². The van der Waals surface area contributed by atoms with Gasteiger partial charge in [-0.3, -0.25) is 0 Å². The molecule has 5 heteroatoms. The molecule has 0 unspecified atom stereocenters. The zero-order valence-electron chi connectivity index (χ0n) is 15.2. The van der Waals surface area contributed by atoms with E-state index in [9.17, 15) is 4.79 Å². The predicted octanol–water partition coefficient (Wildman–Crippen LogP) is 4.13. The number of amides is 1. The summed E-state index contributed by atoms with van der Waals surface area (Å²) in [6.07, 6.45) is 9.91. The number of nitrogens with zero attached hydrogens (tertiary/aromatic N) is 1. The third kappa shape index (κ3) is 10.6. The monoisotopic (exact) mass is 334 g/mol. The van der Waals surface area contributed by atoms with Crippen LogP contribution in [-0.2, 0) is 9.47 Å². The lowest BCUT2D eigenvalue weighted by Gasteiger charge is -2.28. The van der Waals surface area contributed by atoms with E-state index in [-0.39, 0.29) is 6.10 Å². The standard InChI is InChI=1S/C19H30N2O3/c1-7-8-12-16(2)17(23-14-11-9-10-13-20)15-21(6)18(22)24-19(3,4)5/h7-10,12-13,17,20H,1-2,11,14-15H2,3-6H3/b10-9-,12-8-,20-13?/t17-/m1/s1. The fourth-order valence-corrected chi connectivity index (χ4v) is 1.68. The summed E-state index contributed by atoms with van der Waals surface area (Å²) in [7, 11) is 1.67. The van der Waals surface area contributed by atoms with Gasteiger partial charge in [-0.05, 0) is 38.8 Å². The van der Waals surface area contributed by atoms with Crippen LogP contribution in [0.1, 0.15) is 27.2 Å². The first-order valence-electron chi connectivity index (χ1n) is 7.90. The van der Waals surface area contributed by atoms with Gasteiger partial charge < -0.3 is 19.8 Å². The second kappa shape index (κ2) is 11.4. The molecule has 0 fully saturated rings. The lowest BCUT2D eigenvalue weighted by Crippen LogP contribution is -2.39. The van der Waals surface area contributed by atoms with Crippen LogP contribution < -0.4 is 0 Å². The summed E-state index contributed by atoms with van der Waals surface area (Å²) in [5, 5.41) is 6.93. The van der Waals surface area contributed by atoms with E-state index in [2.05, 4.69) is 13.2 Å². The molecule has 0 heterocycles. The normalized spacial score (nSPS) is 13.0. The number of ether oxygens (including phenoxy) is 2. The van der Waals surface area contributed by atoms with Gasteiger partial charge in [0, 0.05) is 13.3 Å². The molecule has 0 saturated heterocycles. The average Bonchev–Trinajstić information content (AvgIpc) is 2.49. The number of likely N-dealkylation sites (N-methyl/N-ethyl adjacent to an activating group) is 1. The molecule has 24 heavy (non-hydrogen) atoms. The van der Waals surface area contributed by atoms with Crippen molar-refractivity contribution in [3.8, 4) is 0 Å². The minimum absolute atomic E-state index is 0.337. The van der Waals surface area contributed by atoms with Crippen molar-refractivity contribution in [1.29, 1.82) is 5.41 Å². The number of hydrogen-bond donors (Lipinski definition) is 1. The summed E-state index contributed by atoms with van der Waals surface area (Å²) >= 11 is 0. The summed E-state index contributed by atoms with van der Waals surface area (Å²) in [5.74, 6) is 0. The van der Waals surface area contributed by atoms with Gasteiger partial charge in [-0.1, -0.05) is 37.5 Å². The van der Waals surface area contributed by atoms with Gasteiger partial charge in [-0.15, -0.1) is 0 Å². The Hall–Kier alpha value is -2.14. The van der Waals surface area contributed by atoms with Crippen LogP contribution in [0.15, 0.2) is 49.1 Å². The molecule has 0 spiro atoms. The van der Waals surface area contributed by atoms with Crippen LogP contribution in [0.3, 0.4) is 0 Å². The van der Waals surface area contributed by atoms with Crippen LogP contribution >= 0.6 is 0 Å². The van der Waals surface area contributed by atoms with E-state index in [1.165, 1.54) is 11.1 Å². The van der Waals surface area contributed by atoms with Crippen LogP contribution in [0.5, 0.6) is 0 Å². The Morgan fingerprint density at radius 2 is 2.00 bits per heavy atom. The van der Waals surface area contributed by atoms with Gasteiger partial charge in [0.15, 0.2) is 0 Å². The quantitative estimate of drug-likeness (QED) is 0.371. The SMILES string of the molecule is C=C/C=C\C(=C)[C@@H](CN(C)C(=O)OC(C)(C)C)OCC/C=C\C=N. The summed E-state index contributed by atoms with van der Waals surface area (Å²) in [4.78, 5) is 13.6. The second-order valence-corrected chi connectivity index (χ2v) is 6.27. The molecule has 0 rings (SSSR count). The lowest BCUT2D eigenvalue weighted by atomic mass is 10.1. The second-order valence-electron chi connectivity index (χ2n) is 6.27. The topological polar surface area (TPSA) is 62.6 Å². The Morgan fingerprint density at radius 1 is 1.33 bits per heavy atom. The summed E-state index contributed by atoms with van der Waals surface area (Å²) in [5.41, 5.74) is 0.209. The number of nitrogens with one attached hydrogen (secondary N) is 1. The highest BCUT2D eigenvalue weighted by atomic mass is 16.6. The Kier molecular flexibility index (Phi) is 10.4. The van der Waals surface area contributed by atoms with Gasteiger partial charge in [0.1, 0.15) is 5.60 Å². The largest absolute Gasteiger partial charge is 0.444 e. The molecule has 0 aromatic rings. The van der Waals surface area contributed by atoms with Crippen LogP contribution in [-0.4, -0.2) is 49.1 Å². The molecular formula is C19H30N2O3. The smallest absolute Gasteiger partial charge is 0.410 e. The Morgan fingerprint density at radius 3 is 2.54 bits per heavy atom. The average molecular weight is 334 g/mol. The van der Waals surface area contributed by atoms with Crippen LogP contribution in [0.25, 0.3) is 0 Å². The molecule has 0 aliphatic rings. The minimum Gasteiger partial charge on any atom is -0.444 e. The van der Waals surface area contributed by atoms with Crippen molar-refractivity contribution in [3.05, 3.63) is 49.1 Å². The number of carbonyl (C=O) groups excluding carboxylic acids is 1. The van der Waals surface area contributed by atoms with E-state index in [1.54, 1.807) is 25.3 Å². The summed E-state index contributed by atoms with van der Waals surface area (Å²) in [6.45, 7) is 13.9. The van der Waals surface area contributed by atoms with E-state index in [0.717, 1.165) is 5.57 Å². The minimum atomic E-state index is -0.543. The predicted molar refractivity (Wildman–Crippen MR) is 99.6 cm³/mol. The van der Waals surface area contributed by atoms with Gasteiger partial charge in [-0.25, -0.2) is 4.79 Å². The van der Waals surface area contributed by atoms with Gasteiger partial charge >= 0.3 is 6.09 Å². The molecule has 1 N–H and O–H groups in total. The third-order valence-corrected chi connectivity index (χ3v) is 2.84. The summed E-state index contributed by atoms with van der Waals surface area (Å²) in [6, 6.07) is 0. The van der Waals surface area contributed by atoms with Crippen molar-refractivity contribution in [2.75, 3.05) is 20.2 Å². The molecule has 0 aromatic carbocycles. The first-order chi connectivity index (χ1) is 11.2. The van der Waals surface area contributed by atoms with E-state index in [4.69, 9.17) is 14.9 Å². The van der Waals surface area contributed by atoms with E-state index in [0.29, 0.717) is 19.6 Å². The van der Waals surface area contributed by atoms with Crippen molar-refractivity contribution >= 4 is 12.3 Å². The molecule has 5 nitrogen and oxygen atoms in total. The number of allylic oxidation sites excluding steroid dienone is 3. The number of rotatable bonds is 10. The van der Waals surface area contributed by atoms with E-state index < -0.39 is 11.7 Å². The first kappa shape index (κ1) is 21.9. The fraction of sp³-hybridized carbons (Fsp3) is 0.474.